The molecule has 0 atom stereocenters. The lowest BCUT2D eigenvalue weighted by Gasteiger charge is -1.87. The zero-order valence-corrected chi connectivity index (χ0v) is 5.81. The molecule has 44 valence electrons. The molecule has 0 unspecified atom stereocenters. The first-order valence-corrected chi connectivity index (χ1v) is 3.10. The van der Waals surface area contributed by atoms with E-state index in [9.17, 15) is 0 Å². The van der Waals surface area contributed by atoms with E-state index in [2.05, 4.69) is 17.6 Å². The van der Waals surface area contributed by atoms with E-state index in [1.54, 1.807) is 12.4 Å². The van der Waals surface area contributed by atoms with Crippen LogP contribution in [0.25, 0.3) is 0 Å². The van der Waals surface area contributed by atoms with Gasteiger partial charge >= 0.3 is 0 Å². The Bertz CT molecular complexity index is 190. The number of hydrogen-bond acceptors (Lipinski definition) is 2. The van der Waals surface area contributed by atoms with E-state index in [1.807, 2.05) is 6.08 Å². The summed E-state index contributed by atoms with van der Waals surface area (Å²) < 4.78 is 0. The normalized spacial score (nSPS) is 18.3. The van der Waals surface area contributed by atoms with Gasteiger partial charge in [0.2, 0.25) is 0 Å². The van der Waals surface area contributed by atoms with Gasteiger partial charge in [0.25, 0.3) is 0 Å². The lowest BCUT2D eigenvalue weighted by atomic mass is 9.96. The molecule has 1 nitrogen and oxygen atoms in total. The molecule has 0 aromatic carbocycles. The quantitative estimate of drug-likeness (QED) is 0.379. The van der Waals surface area contributed by atoms with Crippen molar-refractivity contribution in [3.05, 3.63) is 22.7 Å². The van der Waals surface area contributed by atoms with Crippen LogP contribution in [0.4, 0.5) is 0 Å². The molecular formula is C6H6BNS. The first kappa shape index (κ1) is 6.68. The third-order valence-corrected chi connectivity index (χ3v) is 1.29. The van der Waals surface area contributed by atoms with Crippen LogP contribution in [0.5, 0.6) is 0 Å². The van der Waals surface area contributed by atoms with Crippen LogP contribution in [-0.2, 0) is 0 Å². The van der Waals surface area contributed by atoms with E-state index in [0.29, 0.717) is 5.47 Å². The Morgan fingerprint density at radius 1 is 1.67 bits per heavy atom. The summed E-state index contributed by atoms with van der Waals surface area (Å²) in [4.78, 5) is 4.81. The van der Waals surface area contributed by atoms with Gasteiger partial charge in [-0.3, -0.25) is 4.99 Å². The van der Waals surface area contributed by atoms with E-state index < -0.39 is 0 Å². The fourth-order valence-corrected chi connectivity index (χ4v) is 0.695. The van der Waals surface area contributed by atoms with Crippen LogP contribution in [0.1, 0.15) is 6.42 Å². The second-order valence-electron chi connectivity index (χ2n) is 1.81. The van der Waals surface area contributed by atoms with Crippen LogP contribution >= 0.6 is 12.6 Å². The summed E-state index contributed by atoms with van der Waals surface area (Å²) >= 11 is 4.12. The Morgan fingerprint density at radius 2 is 2.44 bits per heavy atom. The highest BCUT2D eigenvalue weighted by Crippen LogP contribution is 2.10. The summed E-state index contributed by atoms with van der Waals surface area (Å²) in [6, 6.07) is 0. The van der Waals surface area contributed by atoms with Gasteiger partial charge in [-0.25, -0.2) is 0 Å². The van der Waals surface area contributed by atoms with Gasteiger partial charge in [0.05, 0.1) is 0 Å². The maximum absolute atomic E-state index is 5.44. The first-order chi connectivity index (χ1) is 4.29. The van der Waals surface area contributed by atoms with Crippen molar-refractivity contribution < 1.29 is 0 Å². The zero-order chi connectivity index (χ0) is 6.69. The lowest BCUT2D eigenvalue weighted by molar-refractivity contribution is 1.35. The third-order valence-electron chi connectivity index (χ3n) is 0.994. The lowest BCUT2D eigenvalue weighted by Crippen LogP contribution is -1.79. The summed E-state index contributed by atoms with van der Waals surface area (Å²) in [7, 11) is 5.44. The fraction of sp³-hybridized carbons (Fsp3) is 0.167. The average Bonchev–Trinajstić information content (AvgIpc) is 1.97. The molecule has 0 spiro atoms. The van der Waals surface area contributed by atoms with Gasteiger partial charge in [-0.15, -0.1) is 12.6 Å². The van der Waals surface area contributed by atoms with E-state index >= 15 is 0 Å². The minimum Gasteiger partial charge on any atom is -0.265 e. The number of rotatable bonds is 0. The predicted molar refractivity (Wildman–Crippen MR) is 44.0 cm³/mol. The van der Waals surface area contributed by atoms with Crippen molar-refractivity contribution >= 4 is 26.7 Å². The number of allylic oxidation sites excluding steroid dienone is 3. The van der Waals surface area contributed by atoms with Crippen molar-refractivity contribution in [2.45, 2.75) is 6.42 Å². The molecule has 1 heterocycles. The largest absolute Gasteiger partial charge is 0.265 e. The number of thiol groups is 1. The molecule has 0 saturated heterocycles. The van der Waals surface area contributed by atoms with E-state index in [4.69, 9.17) is 7.85 Å². The van der Waals surface area contributed by atoms with Gasteiger partial charge in [-0.05, 0) is 6.42 Å². The van der Waals surface area contributed by atoms with Gasteiger partial charge in [-0.2, -0.15) is 0 Å². The molecule has 0 aliphatic carbocycles. The maximum Gasteiger partial charge on any atom is 0.115 e. The van der Waals surface area contributed by atoms with Gasteiger partial charge < -0.3 is 0 Å². The standard InChI is InChI=1S/C6H6BNS/c7-5-1-2-6(9)4-8-3-5/h1,3-4,9H,2H2. The number of nitrogens with zero attached hydrogens (tertiary/aromatic N) is 1. The highest BCUT2D eigenvalue weighted by Gasteiger charge is 1.90. The van der Waals surface area contributed by atoms with Gasteiger partial charge in [0, 0.05) is 17.3 Å². The van der Waals surface area contributed by atoms with E-state index in [-0.39, 0.29) is 0 Å². The third kappa shape index (κ3) is 2.10. The second kappa shape index (κ2) is 2.92. The summed E-state index contributed by atoms with van der Waals surface area (Å²) in [6.07, 6.45) is 5.98. The van der Waals surface area contributed by atoms with Crippen molar-refractivity contribution in [2.75, 3.05) is 0 Å². The first-order valence-electron chi connectivity index (χ1n) is 2.66. The predicted octanol–water partition coefficient (Wildman–Crippen LogP) is 1.28. The molecule has 0 N–H and O–H groups in total. The molecule has 1 aliphatic rings. The molecule has 1 rings (SSSR count). The molecule has 0 aromatic rings. The average molecular weight is 135 g/mol. The zero-order valence-electron chi connectivity index (χ0n) is 4.91. The van der Waals surface area contributed by atoms with Crippen molar-refractivity contribution in [1.82, 2.24) is 0 Å². The Balaban J connectivity index is 2.75. The SMILES string of the molecule is [B]C1=CCC(S)=CN=C1. The summed E-state index contributed by atoms with van der Waals surface area (Å²) in [6.45, 7) is 0. The topological polar surface area (TPSA) is 12.4 Å². The van der Waals surface area contributed by atoms with Crippen molar-refractivity contribution in [3.8, 4) is 0 Å². The number of aliphatic imine (C=N–C) groups is 1. The Morgan fingerprint density at radius 3 is 3.22 bits per heavy atom. The highest BCUT2D eigenvalue weighted by atomic mass is 32.1. The van der Waals surface area contributed by atoms with Crippen LogP contribution in [0.15, 0.2) is 27.6 Å². The smallest absolute Gasteiger partial charge is 0.115 e. The van der Waals surface area contributed by atoms with Crippen molar-refractivity contribution in [2.24, 2.45) is 4.99 Å². The van der Waals surface area contributed by atoms with Crippen LogP contribution in [-0.4, -0.2) is 14.1 Å². The molecule has 2 radical (unpaired) electrons. The Labute approximate surface area is 61.4 Å². The van der Waals surface area contributed by atoms with Crippen LogP contribution in [0.2, 0.25) is 0 Å². The molecule has 0 saturated carbocycles. The number of hydrogen-bond donors (Lipinski definition) is 1. The molecule has 1 aliphatic heterocycles. The van der Waals surface area contributed by atoms with E-state index in [1.165, 1.54) is 0 Å². The summed E-state index contributed by atoms with van der Waals surface area (Å²) in [5.74, 6) is 0. The molecule has 0 fully saturated rings. The highest BCUT2D eigenvalue weighted by molar-refractivity contribution is 7.84. The molecule has 9 heavy (non-hydrogen) atoms. The van der Waals surface area contributed by atoms with E-state index in [0.717, 1.165) is 11.3 Å². The fourth-order valence-electron chi connectivity index (χ4n) is 0.537. The minimum atomic E-state index is 0.704. The molecule has 0 aromatic heterocycles. The minimum absolute atomic E-state index is 0.704. The van der Waals surface area contributed by atoms with Crippen molar-refractivity contribution in [3.63, 3.8) is 0 Å². The van der Waals surface area contributed by atoms with Gasteiger partial charge in [0.1, 0.15) is 7.85 Å². The molecular weight excluding hydrogens is 129 g/mol. The van der Waals surface area contributed by atoms with Crippen LogP contribution in [0.3, 0.4) is 0 Å². The second-order valence-corrected chi connectivity index (χ2v) is 2.38. The van der Waals surface area contributed by atoms with Crippen molar-refractivity contribution in [1.29, 1.82) is 0 Å². The monoisotopic (exact) mass is 135 g/mol. The molecule has 0 amide bonds. The maximum atomic E-state index is 5.44. The Kier molecular flexibility index (Phi) is 2.17. The van der Waals surface area contributed by atoms with Gasteiger partial charge in [-0.1, -0.05) is 11.5 Å². The summed E-state index contributed by atoms with van der Waals surface area (Å²) in [5, 5.41) is 0. The Hall–Kier alpha value is -0.435. The van der Waals surface area contributed by atoms with Gasteiger partial charge in [0.15, 0.2) is 0 Å². The van der Waals surface area contributed by atoms with Crippen LogP contribution in [0, 0.1) is 0 Å². The molecule has 0 bridgehead atoms. The molecule has 3 heteroatoms. The van der Waals surface area contributed by atoms with Crippen LogP contribution < -0.4 is 0 Å². The summed E-state index contributed by atoms with van der Waals surface area (Å²) in [5.41, 5.74) is 0.704.